The van der Waals surface area contributed by atoms with Crippen molar-refractivity contribution in [2.24, 2.45) is 5.73 Å². The second kappa shape index (κ2) is 5.74. The summed E-state index contributed by atoms with van der Waals surface area (Å²) in [7, 11) is -1.95. The molecule has 0 amide bonds. The first-order valence-corrected chi connectivity index (χ1v) is 7.15. The molecule has 16 heavy (non-hydrogen) atoms. The molecule has 0 fully saturated rings. The van der Waals surface area contributed by atoms with Crippen molar-refractivity contribution in [1.82, 2.24) is 4.72 Å². The maximum Gasteiger partial charge on any atom is 0.242 e. The Kier molecular flexibility index (Phi) is 4.88. The van der Waals surface area contributed by atoms with Gasteiger partial charge in [0, 0.05) is 24.6 Å². The summed E-state index contributed by atoms with van der Waals surface area (Å²) in [4.78, 5) is 0.931. The van der Waals surface area contributed by atoms with Gasteiger partial charge in [-0.05, 0) is 18.4 Å². The summed E-state index contributed by atoms with van der Waals surface area (Å²) in [5.41, 5.74) is 5.47. The van der Waals surface area contributed by atoms with Crippen LogP contribution in [0.4, 0.5) is 0 Å². The zero-order valence-corrected chi connectivity index (χ0v) is 10.9. The molecule has 0 aliphatic carbocycles. The summed E-state index contributed by atoms with van der Waals surface area (Å²) >= 11 is 1.34. The molecule has 0 saturated carbocycles. The molecule has 5 nitrogen and oxygen atoms in total. The molecule has 1 unspecified atom stereocenters. The molecule has 0 bridgehead atoms. The van der Waals surface area contributed by atoms with E-state index in [1.54, 1.807) is 18.4 Å². The lowest BCUT2D eigenvalue weighted by Gasteiger charge is -2.13. The maximum atomic E-state index is 11.9. The van der Waals surface area contributed by atoms with Crippen LogP contribution >= 0.6 is 11.3 Å². The van der Waals surface area contributed by atoms with Crippen molar-refractivity contribution in [2.75, 3.05) is 13.7 Å². The third-order valence-electron chi connectivity index (χ3n) is 1.95. The molecule has 1 rings (SSSR count). The molecule has 0 saturated heterocycles. The SMILES string of the molecule is COCC(C)NS(=O)(=O)c1ccsc1CN. The third-order valence-corrected chi connectivity index (χ3v) is 4.70. The van der Waals surface area contributed by atoms with E-state index in [0.717, 1.165) is 0 Å². The van der Waals surface area contributed by atoms with Crippen molar-refractivity contribution in [2.45, 2.75) is 24.4 Å². The molecule has 0 spiro atoms. The van der Waals surface area contributed by atoms with Gasteiger partial charge < -0.3 is 10.5 Å². The Morgan fingerprint density at radius 2 is 2.31 bits per heavy atom. The average molecular weight is 264 g/mol. The Balaban J connectivity index is 2.86. The van der Waals surface area contributed by atoms with Gasteiger partial charge >= 0.3 is 0 Å². The summed E-state index contributed by atoms with van der Waals surface area (Å²) in [6, 6.07) is 1.30. The van der Waals surface area contributed by atoms with Crippen LogP contribution in [0.3, 0.4) is 0 Å². The van der Waals surface area contributed by atoms with Crippen LogP contribution in [0.15, 0.2) is 16.3 Å². The summed E-state index contributed by atoms with van der Waals surface area (Å²) in [5.74, 6) is 0. The number of hydrogen-bond donors (Lipinski definition) is 2. The molecule has 7 heteroatoms. The number of ether oxygens (including phenoxy) is 1. The Hall–Kier alpha value is -0.470. The van der Waals surface area contributed by atoms with Crippen LogP contribution in [-0.2, 0) is 21.3 Å². The fourth-order valence-corrected chi connectivity index (χ4v) is 3.89. The average Bonchev–Trinajstić information content (AvgIpc) is 2.65. The third kappa shape index (κ3) is 3.26. The van der Waals surface area contributed by atoms with Gasteiger partial charge in [-0.2, -0.15) is 0 Å². The molecule has 1 aromatic rings. The van der Waals surface area contributed by atoms with E-state index in [9.17, 15) is 8.42 Å². The van der Waals surface area contributed by atoms with Gasteiger partial charge in [0.05, 0.1) is 11.5 Å². The van der Waals surface area contributed by atoms with Gasteiger partial charge in [0.15, 0.2) is 0 Å². The molecule has 0 aliphatic heterocycles. The smallest absolute Gasteiger partial charge is 0.242 e. The van der Waals surface area contributed by atoms with Crippen LogP contribution in [0.25, 0.3) is 0 Å². The second-order valence-electron chi connectivity index (χ2n) is 3.39. The minimum Gasteiger partial charge on any atom is -0.383 e. The molecule has 1 heterocycles. The lowest BCUT2D eigenvalue weighted by atomic mass is 10.4. The first-order chi connectivity index (χ1) is 7.51. The Morgan fingerprint density at radius 1 is 1.62 bits per heavy atom. The molecule has 0 radical (unpaired) electrons. The first-order valence-electron chi connectivity index (χ1n) is 4.79. The molecule has 1 atom stereocenters. The van der Waals surface area contributed by atoms with E-state index in [4.69, 9.17) is 10.5 Å². The van der Waals surface area contributed by atoms with E-state index in [1.807, 2.05) is 0 Å². The predicted molar refractivity (Wildman–Crippen MR) is 63.9 cm³/mol. The fourth-order valence-electron chi connectivity index (χ4n) is 1.33. The van der Waals surface area contributed by atoms with Crippen LogP contribution in [0.5, 0.6) is 0 Å². The van der Waals surface area contributed by atoms with Gasteiger partial charge in [-0.3, -0.25) is 0 Å². The van der Waals surface area contributed by atoms with Crippen molar-refractivity contribution in [1.29, 1.82) is 0 Å². The highest BCUT2D eigenvalue weighted by Crippen LogP contribution is 2.21. The minimum atomic E-state index is -3.48. The predicted octanol–water partition coefficient (Wildman–Crippen LogP) is 0.520. The lowest BCUT2D eigenvalue weighted by Crippen LogP contribution is -2.35. The van der Waals surface area contributed by atoms with Gasteiger partial charge in [-0.25, -0.2) is 13.1 Å². The quantitative estimate of drug-likeness (QED) is 0.785. The van der Waals surface area contributed by atoms with E-state index >= 15 is 0 Å². The van der Waals surface area contributed by atoms with Crippen molar-refractivity contribution < 1.29 is 13.2 Å². The molecule has 1 aromatic heterocycles. The topological polar surface area (TPSA) is 81.4 Å². The highest BCUT2D eigenvalue weighted by molar-refractivity contribution is 7.89. The zero-order chi connectivity index (χ0) is 12.2. The Labute approximate surface area is 99.7 Å². The fraction of sp³-hybridized carbons (Fsp3) is 0.556. The van der Waals surface area contributed by atoms with Gasteiger partial charge in [0.25, 0.3) is 0 Å². The highest BCUT2D eigenvalue weighted by Gasteiger charge is 2.21. The van der Waals surface area contributed by atoms with E-state index in [0.29, 0.717) is 11.5 Å². The summed E-state index contributed by atoms with van der Waals surface area (Å²) in [5, 5.41) is 1.72. The monoisotopic (exact) mass is 264 g/mol. The molecule has 0 aliphatic rings. The number of nitrogens with one attached hydrogen (secondary N) is 1. The number of sulfonamides is 1. The van der Waals surface area contributed by atoms with Crippen LogP contribution in [0, 0.1) is 0 Å². The van der Waals surface area contributed by atoms with Crippen molar-refractivity contribution >= 4 is 21.4 Å². The van der Waals surface area contributed by atoms with Gasteiger partial charge in [-0.1, -0.05) is 0 Å². The molecule has 0 aromatic carbocycles. The maximum absolute atomic E-state index is 11.9. The van der Waals surface area contributed by atoms with E-state index in [2.05, 4.69) is 4.72 Å². The number of methoxy groups -OCH3 is 1. The van der Waals surface area contributed by atoms with Crippen molar-refractivity contribution in [3.8, 4) is 0 Å². The highest BCUT2D eigenvalue weighted by atomic mass is 32.2. The van der Waals surface area contributed by atoms with Crippen molar-refractivity contribution in [3.05, 3.63) is 16.3 Å². The molecule has 3 N–H and O–H groups in total. The van der Waals surface area contributed by atoms with Crippen LogP contribution in [-0.4, -0.2) is 28.2 Å². The second-order valence-corrected chi connectivity index (χ2v) is 6.07. The van der Waals surface area contributed by atoms with E-state index in [-0.39, 0.29) is 17.5 Å². The van der Waals surface area contributed by atoms with E-state index in [1.165, 1.54) is 18.4 Å². The minimum absolute atomic E-state index is 0.229. The standard InChI is InChI=1S/C9H16N2O3S2/c1-7(6-14-2)11-16(12,13)9-3-4-15-8(9)5-10/h3-4,7,11H,5-6,10H2,1-2H3. The Bertz CT molecular complexity index is 428. The summed E-state index contributed by atoms with van der Waals surface area (Å²) in [6.45, 7) is 2.31. The number of hydrogen-bond acceptors (Lipinski definition) is 5. The number of rotatable bonds is 6. The normalized spacial score (nSPS) is 13.9. The zero-order valence-electron chi connectivity index (χ0n) is 9.26. The van der Waals surface area contributed by atoms with Crippen LogP contribution < -0.4 is 10.5 Å². The van der Waals surface area contributed by atoms with E-state index < -0.39 is 10.0 Å². The first kappa shape index (κ1) is 13.6. The number of nitrogens with two attached hydrogens (primary N) is 1. The molecular formula is C9H16N2O3S2. The van der Waals surface area contributed by atoms with Gasteiger partial charge in [-0.15, -0.1) is 11.3 Å². The summed E-state index contributed by atoms with van der Waals surface area (Å²) in [6.07, 6.45) is 0. The number of thiophene rings is 1. The van der Waals surface area contributed by atoms with Gasteiger partial charge in [0.1, 0.15) is 0 Å². The lowest BCUT2D eigenvalue weighted by molar-refractivity contribution is 0.180. The van der Waals surface area contributed by atoms with Crippen LogP contribution in [0.2, 0.25) is 0 Å². The van der Waals surface area contributed by atoms with Gasteiger partial charge in [0.2, 0.25) is 10.0 Å². The largest absolute Gasteiger partial charge is 0.383 e. The van der Waals surface area contributed by atoms with Crippen LogP contribution in [0.1, 0.15) is 11.8 Å². The molecular weight excluding hydrogens is 248 g/mol. The van der Waals surface area contributed by atoms with Crippen molar-refractivity contribution in [3.63, 3.8) is 0 Å². The Morgan fingerprint density at radius 3 is 2.88 bits per heavy atom. The molecule has 92 valence electrons. The summed E-state index contributed by atoms with van der Waals surface area (Å²) < 4.78 is 31.3.